The molecule has 0 aliphatic carbocycles. The highest BCUT2D eigenvalue weighted by molar-refractivity contribution is 5.74. The van der Waals surface area contributed by atoms with E-state index in [9.17, 15) is 9.59 Å². The quantitative estimate of drug-likeness (QED) is 0.366. The van der Waals surface area contributed by atoms with Gasteiger partial charge in [0.05, 0.1) is 0 Å². The van der Waals surface area contributed by atoms with Crippen LogP contribution in [0.2, 0.25) is 0 Å². The summed E-state index contributed by atoms with van der Waals surface area (Å²) >= 11 is 0. The van der Waals surface area contributed by atoms with Crippen LogP contribution < -0.4 is 0 Å². The third-order valence-corrected chi connectivity index (χ3v) is 3.52. The Hall–Kier alpha value is -3.52. The molecule has 0 saturated heterocycles. The van der Waals surface area contributed by atoms with Crippen LogP contribution in [0.3, 0.4) is 0 Å². The summed E-state index contributed by atoms with van der Waals surface area (Å²) in [6.07, 6.45) is 20.0. The molecule has 0 amide bonds. The van der Waals surface area contributed by atoms with Gasteiger partial charge in [0, 0.05) is 0 Å². The molecule has 2 aromatic rings. The third kappa shape index (κ3) is 6.93. The summed E-state index contributed by atoms with van der Waals surface area (Å²) in [7, 11) is 0. The first-order valence-corrected chi connectivity index (χ1v) is 8.27. The summed E-state index contributed by atoms with van der Waals surface area (Å²) in [5, 5.41) is 0. The minimum Gasteiger partial charge on any atom is -0.299 e. The summed E-state index contributed by atoms with van der Waals surface area (Å²) in [4.78, 5) is 20.6. The van der Waals surface area contributed by atoms with Crippen molar-refractivity contribution in [3.63, 3.8) is 0 Å². The Morgan fingerprint density at radius 1 is 0.385 bits per heavy atom. The molecule has 2 rings (SSSR count). The Bertz CT molecular complexity index is 773. The van der Waals surface area contributed by atoms with Crippen molar-refractivity contribution in [3.8, 4) is 0 Å². The summed E-state index contributed by atoms with van der Waals surface area (Å²) in [5.74, 6) is 0. The maximum Gasteiger partial charge on any atom is 0.142 e. The molecule has 2 heteroatoms. The van der Waals surface area contributed by atoms with Crippen molar-refractivity contribution in [2.24, 2.45) is 0 Å². The molecule has 26 heavy (non-hydrogen) atoms. The summed E-state index contributed by atoms with van der Waals surface area (Å²) in [6, 6.07) is 15.9. The monoisotopic (exact) mass is 340 g/mol. The standard InChI is InChI=1S/C24H20O2/c25-19-5-9-23-15-11-21(12-16-23)7-3-1-2-4-8-22-13-17-24(18-14-22)10-6-20-26/h1-20H/b2-1+,7-3+,8-4+,9-5+,10-6+. The number of hydrogen-bond donors (Lipinski definition) is 0. The van der Waals surface area contributed by atoms with Gasteiger partial charge in [0.2, 0.25) is 0 Å². The topological polar surface area (TPSA) is 34.1 Å². The van der Waals surface area contributed by atoms with Crippen molar-refractivity contribution >= 4 is 36.9 Å². The fourth-order valence-electron chi connectivity index (χ4n) is 2.20. The lowest BCUT2D eigenvalue weighted by Crippen LogP contribution is -1.74. The first-order valence-electron chi connectivity index (χ1n) is 8.27. The average Bonchev–Trinajstić information content (AvgIpc) is 2.69. The van der Waals surface area contributed by atoms with Crippen molar-refractivity contribution in [1.82, 2.24) is 0 Å². The van der Waals surface area contributed by atoms with Gasteiger partial charge in [-0.2, -0.15) is 0 Å². The highest BCUT2D eigenvalue weighted by Crippen LogP contribution is 2.09. The van der Waals surface area contributed by atoms with Crippen LogP contribution >= 0.6 is 0 Å². The van der Waals surface area contributed by atoms with E-state index in [-0.39, 0.29) is 0 Å². The molecule has 0 aliphatic heterocycles. The zero-order chi connectivity index (χ0) is 18.5. The second-order valence-electron chi connectivity index (χ2n) is 5.43. The molecular formula is C24H20O2. The first-order chi connectivity index (χ1) is 12.8. The van der Waals surface area contributed by atoms with Crippen LogP contribution in [0.1, 0.15) is 22.3 Å². The molecule has 2 aromatic carbocycles. The van der Waals surface area contributed by atoms with Crippen molar-refractivity contribution in [1.29, 1.82) is 0 Å². The highest BCUT2D eigenvalue weighted by Gasteiger charge is 1.88. The second-order valence-corrected chi connectivity index (χ2v) is 5.43. The number of rotatable bonds is 8. The number of hydrogen-bond acceptors (Lipinski definition) is 2. The predicted octanol–water partition coefficient (Wildman–Crippen LogP) is 5.39. The molecule has 0 N–H and O–H groups in total. The number of aldehydes is 2. The van der Waals surface area contributed by atoms with Crippen molar-refractivity contribution in [2.45, 2.75) is 0 Å². The summed E-state index contributed by atoms with van der Waals surface area (Å²) in [5.41, 5.74) is 4.20. The van der Waals surface area contributed by atoms with Crippen LogP contribution in [-0.4, -0.2) is 12.6 Å². The molecule has 0 saturated carbocycles. The van der Waals surface area contributed by atoms with E-state index in [1.54, 1.807) is 12.2 Å². The molecule has 0 spiro atoms. The number of allylic oxidation sites excluding steroid dienone is 6. The highest BCUT2D eigenvalue weighted by atomic mass is 16.1. The Balaban J connectivity index is 1.86. The van der Waals surface area contributed by atoms with Gasteiger partial charge < -0.3 is 0 Å². The Morgan fingerprint density at radius 2 is 0.654 bits per heavy atom. The van der Waals surface area contributed by atoms with E-state index < -0.39 is 0 Å². The van der Waals surface area contributed by atoms with Crippen molar-refractivity contribution in [2.75, 3.05) is 0 Å². The maximum atomic E-state index is 10.3. The minimum atomic E-state index is 0.769. The SMILES string of the molecule is O=C/C=C/c1ccc(/C=C/C=C/C=C/c2ccc(/C=C/C=O)cc2)cc1. The van der Waals surface area contributed by atoms with E-state index in [1.165, 1.54) is 12.2 Å². The van der Waals surface area contributed by atoms with E-state index in [0.29, 0.717) is 0 Å². The van der Waals surface area contributed by atoms with Crippen molar-refractivity contribution in [3.05, 3.63) is 107 Å². The molecule has 0 unspecified atom stereocenters. The van der Waals surface area contributed by atoms with Crippen LogP contribution in [0.25, 0.3) is 24.3 Å². The third-order valence-electron chi connectivity index (χ3n) is 3.52. The van der Waals surface area contributed by atoms with Gasteiger partial charge in [-0.15, -0.1) is 0 Å². The van der Waals surface area contributed by atoms with E-state index >= 15 is 0 Å². The fourth-order valence-corrected chi connectivity index (χ4v) is 2.20. The molecule has 0 atom stereocenters. The van der Waals surface area contributed by atoms with Gasteiger partial charge in [0.15, 0.2) is 0 Å². The van der Waals surface area contributed by atoms with Gasteiger partial charge >= 0.3 is 0 Å². The first kappa shape index (κ1) is 18.8. The van der Waals surface area contributed by atoms with Crippen LogP contribution in [0.15, 0.2) is 85.0 Å². The molecule has 0 aromatic heterocycles. The molecule has 2 nitrogen and oxygen atoms in total. The Kier molecular flexibility index (Phi) is 8.04. The van der Waals surface area contributed by atoms with Crippen LogP contribution in [0.5, 0.6) is 0 Å². The van der Waals surface area contributed by atoms with Gasteiger partial charge in [-0.1, -0.05) is 97.1 Å². The smallest absolute Gasteiger partial charge is 0.142 e. The zero-order valence-corrected chi connectivity index (χ0v) is 14.4. The van der Waals surface area contributed by atoms with Gasteiger partial charge in [-0.25, -0.2) is 0 Å². The van der Waals surface area contributed by atoms with E-state index in [2.05, 4.69) is 0 Å². The second kappa shape index (κ2) is 11.1. The van der Waals surface area contributed by atoms with E-state index in [0.717, 1.165) is 34.8 Å². The van der Waals surface area contributed by atoms with Gasteiger partial charge in [0.1, 0.15) is 12.6 Å². The lowest BCUT2D eigenvalue weighted by Gasteiger charge is -1.95. The predicted molar refractivity (Wildman–Crippen MR) is 110 cm³/mol. The normalized spacial score (nSPS) is 12.2. The number of benzene rings is 2. The minimum absolute atomic E-state index is 0.769. The summed E-state index contributed by atoms with van der Waals surface area (Å²) < 4.78 is 0. The molecule has 0 bridgehead atoms. The molecule has 0 radical (unpaired) electrons. The molecule has 0 heterocycles. The van der Waals surface area contributed by atoms with Crippen LogP contribution in [0.4, 0.5) is 0 Å². The van der Waals surface area contributed by atoms with Gasteiger partial charge in [-0.05, 0) is 34.4 Å². The Morgan fingerprint density at radius 3 is 0.923 bits per heavy atom. The van der Waals surface area contributed by atoms with Gasteiger partial charge in [-0.3, -0.25) is 9.59 Å². The van der Waals surface area contributed by atoms with Crippen LogP contribution in [-0.2, 0) is 9.59 Å². The maximum absolute atomic E-state index is 10.3. The van der Waals surface area contributed by atoms with Crippen molar-refractivity contribution < 1.29 is 9.59 Å². The molecule has 128 valence electrons. The molecule has 0 aliphatic rings. The average molecular weight is 340 g/mol. The van der Waals surface area contributed by atoms with E-state index in [1.807, 2.05) is 85.0 Å². The van der Waals surface area contributed by atoms with Gasteiger partial charge in [0.25, 0.3) is 0 Å². The lowest BCUT2D eigenvalue weighted by molar-refractivity contribution is -0.104. The Labute approximate surface area is 154 Å². The zero-order valence-electron chi connectivity index (χ0n) is 14.4. The summed E-state index contributed by atoms with van der Waals surface area (Å²) in [6.45, 7) is 0. The van der Waals surface area contributed by atoms with E-state index in [4.69, 9.17) is 0 Å². The molecule has 0 fully saturated rings. The largest absolute Gasteiger partial charge is 0.299 e. The molecular weight excluding hydrogens is 320 g/mol. The number of carbonyl (C=O) groups excluding carboxylic acids is 2. The van der Waals surface area contributed by atoms with Crippen LogP contribution in [0, 0.1) is 0 Å². The number of carbonyl (C=O) groups is 2. The fraction of sp³-hybridized carbons (Fsp3) is 0. The lowest BCUT2D eigenvalue weighted by atomic mass is 10.1.